The lowest BCUT2D eigenvalue weighted by Gasteiger charge is -2.19. The quantitative estimate of drug-likeness (QED) is 0.572. The van der Waals surface area contributed by atoms with Crippen LogP contribution in [-0.2, 0) is 9.53 Å². The monoisotopic (exact) mass is 290 g/mol. The maximum Gasteiger partial charge on any atom is 0.320 e. The molecule has 2 rings (SSSR count). The second-order valence-corrected chi connectivity index (χ2v) is 4.85. The Balaban J connectivity index is 1.92. The number of carbonyl (C=O) groups excluding carboxylic acids is 3. The van der Waals surface area contributed by atoms with Crippen LogP contribution < -0.4 is 0 Å². The van der Waals surface area contributed by atoms with Crippen molar-refractivity contribution in [2.75, 3.05) is 33.3 Å². The van der Waals surface area contributed by atoms with Gasteiger partial charge in [-0.15, -0.1) is 0 Å². The van der Waals surface area contributed by atoms with Crippen LogP contribution >= 0.6 is 0 Å². The summed E-state index contributed by atoms with van der Waals surface area (Å²) in [5.74, 6) is -0.873. The first kappa shape index (κ1) is 15.2. The van der Waals surface area contributed by atoms with Gasteiger partial charge < -0.3 is 4.74 Å². The molecule has 0 N–H and O–H groups in total. The van der Waals surface area contributed by atoms with Gasteiger partial charge in [-0.1, -0.05) is 12.1 Å². The van der Waals surface area contributed by atoms with E-state index in [1.54, 1.807) is 43.1 Å². The van der Waals surface area contributed by atoms with Crippen molar-refractivity contribution in [2.45, 2.75) is 6.92 Å². The van der Waals surface area contributed by atoms with E-state index in [0.29, 0.717) is 24.3 Å². The van der Waals surface area contributed by atoms with E-state index >= 15 is 0 Å². The van der Waals surface area contributed by atoms with E-state index in [9.17, 15) is 14.4 Å². The Morgan fingerprint density at radius 1 is 1.19 bits per heavy atom. The molecular weight excluding hydrogens is 272 g/mol. The van der Waals surface area contributed by atoms with Crippen molar-refractivity contribution in [1.29, 1.82) is 0 Å². The minimum Gasteiger partial charge on any atom is -0.465 e. The lowest BCUT2D eigenvalue weighted by molar-refractivity contribution is -0.144. The number of hydrogen-bond acceptors (Lipinski definition) is 5. The zero-order valence-electron chi connectivity index (χ0n) is 12.2. The molecule has 0 saturated carbocycles. The molecule has 21 heavy (non-hydrogen) atoms. The fraction of sp³-hybridized carbons (Fsp3) is 0.400. The van der Waals surface area contributed by atoms with E-state index in [1.165, 1.54) is 4.90 Å². The second-order valence-electron chi connectivity index (χ2n) is 4.85. The van der Waals surface area contributed by atoms with Gasteiger partial charge in [0, 0.05) is 13.1 Å². The lowest BCUT2D eigenvalue weighted by atomic mass is 10.1. The number of amides is 2. The normalized spacial score (nSPS) is 13.8. The van der Waals surface area contributed by atoms with Crippen LogP contribution in [0.1, 0.15) is 27.6 Å². The Morgan fingerprint density at radius 3 is 2.29 bits per heavy atom. The number of hydrogen-bond donors (Lipinski definition) is 0. The molecule has 0 fully saturated rings. The van der Waals surface area contributed by atoms with Crippen LogP contribution in [0.15, 0.2) is 24.3 Å². The summed E-state index contributed by atoms with van der Waals surface area (Å²) in [6.45, 7) is 2.89. The van der Waals surface area contributed by atoms with E-state index in [2.05, 4.69) is 0 Å². The molecule has 0 saturated heterocycles. The molecule has 1 aromatic rings. The SMILES string of the molecule is CCOC(=O)CN(C)CCN1C(=O)c2ccccc2C1=O. The smallest absolute Gasteiger partial charge is 0.320 e. The van der Waals surface area contributed by atoms with Gasteiger partial charge in [-0.05, 0) is 26.1 Å². The first-order chi connectivity index (χ1) is 10.0. The number of rotatable bonds is 6. The highest BCUT2D eigenvalue weighted by Crippen LogP contribution is 2.21. The molecule has 1 aliphatic heterocycles. The van der Waals surface area contributed by atoms with Crippen molar-refractivity contribution in [3.63, 3.8) is 0 Å². The number of fused-ring (bicyclic) bond motifs is 1. The number of benzene rings is 1. The third kappa shape index (κ3) is 3.28. The molecule has 2 amide bonds. The summed E-state index contributed by atoms with van der Waals surface area (Å²) < 4.78 is 4.85. The maximum absolute atomic E-state index is 12.1. The summed E-state index contributed by atoms with van der Waals surface area (Å²) in [5, 5.41) is 0. The van der Waals surface area contributed by atoms with E-state index in [4.69, 9.17) is 4.74 Å². The van der Waals surface area contributed by atoms with Gasteiger partial charge >= 0.3 is 5.97 Å². The molecule has 6 heteroatoms. The zero-order chi connectivity index (χ0) is 15.4. The average Bonchev–Trinajstić information content (AvgIpc) is 2.70. The Kier molecular flexibility index (Phi) is 4.70. The first-order valence-electron chi connectivity index (χ1n) is 6.84. The van der Waals surface area contributed by atoms with Gasteiger partial charge in [0.15, 0.2) is 0 Å². The second kappa shape index (κ2) is 6.49. The fourth-order valence-corrected chi connectivity index (χ4v) is 2.22. The molecule has 6 nitrogen and oxygen atoms in total. The van der Waals surface area contributed by atoms with Crippen LogP contribution in [0.5, 0.6) is 0 Å². The van der Waals surface area contributed by atoms with Gasteiger partial charge in [0.2, 0.25) is 0 Å². The van der Waals surface area contributed by atoms with Crippen molar-refractivity contribution in [2.24, 2.45) is 0 Å². The summed E-state index contributed by atoms with van der Waals surface area (Å²) >= 11 is 0. The van der Waals surface area contributed by atoms with Gasteiger partial charge in [-0.2, -0.15) is 0 Å². The Labute approximate surface area is 123 Å². The summed E-state index contributed by atoms with van der Waals surface area (Å²) in [6.07, 6.45) is 0. The molecule has 0 aliphatic carbocycles. The van der Waals surface area contributed by atoms with Gasteiger partial charge in [0.05, 0.1) is 24.3 Å². The molecular formula is C15H18N2O4. The largest absolute Gasteiger partial charge is 0.465 e. The highest BCUT2D eigenvalue weighted by molar-refractivity contribution is 6.21. The van der Waals surface area contributed by atoms with Gasteiger partial charge in [0.25, 0.3) is 11.8 Å². The first-order valence-corrected chi connectivity index (χ1v) is 6.84. The van der Waals surface area contributed by atoms with Gasteiger partial charge in [-0.3, -0.25) is 24.2 Å². The van der Waals surface area contributed by atoms with Gasteiger partial charge in [-0.25, -0.2) is 0 Å². The van der Waals surface area contributed by atoms with Crippen LogP contribution in [0.3, 0.4) is 0 Å². The van der Waals surface area contributed by atoms with Crippen molar-refractivity contribution in [3.05, 3.63) is 35.4 Å². The summed E-state index contributed by atoms with van der Waals surface area (Å²) in [5.41, 5.74) is 0.881. The fourth-order valence-electron chi connectivity index (χ4n) is 2.22. The van der Waals surface area contributed by atoms with Crippen LogP contribution in [-0.4, -0.2) is 60.9 Å². The number of imide groups is 1. The predicted molar refractivity (Wildman–Crippen MR) is 75.9 cm³/mol. The summed E-state index contributed by atoms with van der Waals surface area (Å²) in [7, 11) is 1.75. The molecule has 1 aromatic carbocycles. The number of nitrogens with zero attached hydrogens (tertiary/aromatic N) is 2. The van der Waals surface area contributed by atoms with Crippen LogP contribution in [0.2, 0.25) is 0 Å². The molecule has 0 atom stereocenters. The molecule has 0 unspecified atom stereocenters. The Morgan fingerprint density at radius 2 is 1.76 bits per heavy atom. The van der Waals surface area contributed by atoms with Crippen molar-refractivity contribution >= 4 is 17.8 Å². The molecule has 1 aliphatic rings. The van der Waals surface area contributed by atoms with Crippen LogP contribution in [0.25, 0.3) is 0 Å². The average molecular weight is 290 g/mol. The van der Waals surface area contributed by atoms with Crippen LogP contribution in [0.4, 0.5) is 0 Å². The number of ether oxygens (including phenoxy) is 1. The van der Waals surface area contributed by atoms with Crippen molar-refractivity contribution in [3.8, 4) is 0 Å². The van der Waals surface area contributed by atoms with Gasteiger partial charge in [0.1, 0.15) is 0 Å². The molecule has 0 aromatic heterocycles. The highest BCUT2D eigenvalue weighted by atomic mass is 16.5. The standard InChI is InChI=1S/C15H18N2O4/c1-3-21-13(18)10-16(2)8-9-17-14(19)11-6-4-5-7-12(11)15(17)20/h4-7H,3,8-10H2,1-2H3. The number of likely N-dealkylation sites (N-methyl/N-ethyl adjacent to an activating group) is 1. The predicted octanol–water partition coefficient (Wildman–Crippen LogP) is 0.777. The molecule has 0 bridgehead atoms. The number of carbonyl (C=O) groups is 3. The Bertz CT molecular complexity index is 536. The third-order valence-electron chi connectivity index (χ3n) is 3.29. The molecule has 112 valence electrons. The van der Waals surface area contributed by atoms with E-state index in [1.807, 2.05) is 0 Å². The highest BCUT2D eigenvalue weighted by Gasteiger charge is 2.34. The van der Waals surface area contributed by atoms with Crippen molar-refractivity contribution in [1.82, 2.24) is 9.80 Å². The van der Waals surface area contributed by atoms with Crippen LogP contribution in [0, 0.1) is 0 Å². The minimum atomic E-state index is -0.317. The summed E-state index contributed by atoms with van der Waals surface area (Å²) in [4.78, 5) is 38.6. The van der Waals surface area contributed by atoms with E-state index in [0.717, 1.165) is 0 Å². The van der Waals surface area contributed by atoms with Crippen molar-refractivity contribution < 1.29 is 19.1 Å². The third-order valence-corrected chi connectivity index (χ3v) is 3.29. The zero-order valence-corrected chi connectivity index (χ0v) is 12.2. The number of esters is 1. The maximum atomic E-state index is 12.1. The molecule has 1 heterocycles. The Hall–Kier alpha value is -2.21. The van der Waals surface area contributed by atoms with E-state index in [-0.39, 0.29) is 30.9 Å². The topological polar surface area (TPSA) is 66.9 Å². The molecule has 0 radical (unpaired) electrons. The minimum absolute atomic E-state index is 0.136. The van der Waals surface area contributed by atoms with E-state index < -0.39 is 0 Å². The summed E-state index contributed by atoms with van der Waals surface area (Å²) in [6, 6.07) is 6.77. The molecule has 0 spiro atoms. The lowest BCUT2D eigenvalue weighted by Crippen LogP contribution is -2.38.